The lowest BCUT2D eigenvalue weighted by atomic mass is 9.97. The summed E-state index contributed by atoms with van der Waals surface area (Å²) in [5.74, 6) is 0. The molecule has 8 aromatic carbocycles. The van der Waals surface area contributed by atoms with Crippen molar-refractivity contribution in [3.8, 4) is 11.1 Å². The van der Waals surface area contributed by atoms with Gasteiger partial charge in [0.1, 0.15) is 11.2 Å². The molecule has 212 valence electrons. The van der Waals surface area contributed by atoms with Crippen LogP contribution in [-0.4, -0.2) is 0 Å². The monoisotopic (exact) mass is 575 g/mol. The second-order valence-electron chi connectivity index (χ2n) is 11.8. The quantitative estimate of drug-likeness (QED) is 0.194. The number of hydrogen-bond acceptors (Lipinski definition) is 2. The highest BCUT2D eigenvalue weighted by Gasteiger charge is 2.22. The summed E-state index contributed by atoms with van der Waals surface area (Å²) in [6, 6.07) is 56.7. The second-order valence-corrected chi connectivity index (χ2v) is 11.8. The molecule has 2 heteroatoms. The lowest BCUT2D eigenvalue weighted by molar-refractivity contribution is 0.672. The van der Waals surface area contributed by atoms with Gasteiger partial charge in [0.15, 0.2) is 0 Å². The summed E-state index contributed by atoms with van der Waals surface area (Å²) < 4.78 is 6.57. The molecule has 0 aliphatic rings. The Morgan fingerprint density at radius 1 is 0.444 bits per heavy atom. The van der Waals surface area contributed by atoms with Crippen LogP contribution in [0.2, 0.25) is 0 Å². The Labute approximate surface area is 261 Å². The summed E-state index contributed by atoms with van der Waals surface area (Å²) in [7, 11) is 0. The van der Waals surface area contributed by atoms with Gasteiger partial charge in [-0.3, -0.25) is 0 Å². The summed E-state index contributed by atoms with van der Waals surface area (Å²) in [4.78, 5) is 2.45. The molecule has 0 atom stereocenters. The highest BCUT2D eigenvalue weighted by atomic mass is 16.3. The van der Waals surface area contributed by atoms with Gasteiger partial charge in [-0.05, 0) is 70.1 Å². The molecule has 9 rings (SSSR count). The highest BCUT2D eigenvalue weighted by molar-refractivity contribution is 6.22. The standard InChI is InChI=1S/C43H29NO/c1-28-12-11-21-41-42(28)38-27-40(36-19-9-10-20-37(36)43(38)45-41)44(32-24-22-30(23-25-32)29-13-3-2-4-14-29)39-26-31-15-5-6-16-33(31)34-17-7-8-18-35(34)39/h2-27H,1H3. The topological polar surface area (TPSA) is 16.4 Å². The third kappa shape index (κ3) is 4.03. The number of hydrogen-bond donors (Lipinski definition) is 0. The summed E-state index contributed by atoms with van der Waals surface area (Å²) >= 11 is 0. The van der Waals surface area contributed by atoms with Crippen LogP contribution < -0.4 is 4.90 Å². The minimum atomic E-state index is 0.919. The molecule has 0 aliphatic heterocycles. The van der Waals surface area contributed by atoms with E-state index in [0.717, 1.165) is 44.4 Å². The number of nitrogens with zero attached hydrogens (tertiary/aromatic N) is 1. The van der Waals surface area contributed by atoms with E-state index in [1.165, 1.54) is 43.6 Å². The first-order valence-corrected chi connectivity index (χ1v) is 15.4. The van der Waals surface area contributed by atoms with E-state index in [1.807, 2.05) is 0 Å². The number of furan rings is 1. The number of rotatable bonds is 4. The third-order valence-electron chi connectivity index (χ3n) is 9.15. The van der Waals surface area contributed by atoms with Crippen molar-refractivity contribution in [2.45, 2.75) is 6.92 Å². The van der Waals surface area contributed by atoms with Gasteiger partial charge in [-0.2, -0.15) is 0 Å². The Balaban J connectivity index is 1.40. The maximum atomic E-state index is 6.57. The fourth-order valence-electron chi connectivity index (χ4n) is 7.05. The zero-order valence-electron chi connectivity index (χ0n) is 24.9. The van der Waals surface area contributed by atoms with E-state index in [1.54, 1.807) is 0 Å². The molecular weight excluding hydrogens is 546 g/mol. The lowest BCUT2D eigenvalue weighted by Crippen LogP contribution is -2.11. The van der Waals surface area contributed by atoms with Crippen molar-refractivity contribution in [2.24, 2.45) is 0 Å². The van der Waals surface area contributed by atoms with Crippen molar-refractivity contribution >= 4 is 71.3 Å². The van der Waals surface area contributed by atoms with Gasteiger partial charge >= 0.3 is 0 Å². The van der Waals surface area contributed by atoms with Crippen LogP contribution in [0.4, 0.5) is 17.1 Å². The zero-order valence-corrected chi connectivity index (χ0v) is 24.9. The van der Waals surface area contributed by atoms with Crippen LogP contribution in [0.15, 0.2) is 162 Å². The first-order chi connectivity index (χ1) is 22.2. The van der Waals surface area contributed by atoms with Crippen LogP contribution in [0.5, 0.6) is 0 Å². The molecule has 0 N–H and O–H groups in total. The zero-order chi connectivity index (χ0) is 29.9. The second kappa shape index (κ2) is 10.1. The Hall–Kier alpha value is -5.86. The van der Waals surface area contributed by atoms with E-state index in [4.69, 9.17) is 4.42 Å². The number of anilines is 3. The summed E-state index contributed by atoms with van der Waals surface area (Å²) in [6.45, 7) is 2.17. The van der Waals surface area contributed by atoms with Crippen LogP contribution in [0, 0.1) is 6.92 Å². The molecule has 0 saturated carbocycles. The molecule has 0 fully saturated rings. The van der Waals surface area contributed by atoms with Crippen molar-refractivity contribution < 1.29 is 4.42 Å². The lowest BCUT2D eigenvalue weighted by Gasteiger charge is -2.29. The van der Waals surface area contributed by atoms with E-state index in [-0.39, 0.29) is 0 Å². The van der Waals surface area contributed by atoms with E-state index in [9.17, 15) is 0 Å². The smallest absolute Gasteiger partial charge is 0.143 e. The van der Waals surface area contributed by atoms with Crippen LogP contribution in [-0.2, 0) is 0 Å². The maximum absolute atomic E-state index is 6.57. The number of aryl methyl sites for hydroxylation is 1. The van der Waals surface area contributed by atoms with Crippen LogP contribution in [0.1, 0.15) is 5.56 Å². The van der Waals surface area contributed by atoms with Gasteiger partial charge < -0.3 is 9.32 Å². The average Bonchev–Trinajstić information content (AvgIpc) is 3.49. The summed E-state index contributed by atoms with van der Waals surface area (Å²) in [6.07, 6.45) is 0. The largest absolute Gasteiger partial charge is 0.455 e. The van der Waals surface area contributed by atoms with Gasteiger partial charge in [-0.25, -0.2) is 0 Å². The summed E-state index contributed by atoms with van der Waals surface area (Å²) in [5.41, 5.74) is 8.83. The first-order valence-electron chi connectivity index (χ1n) is 15.4. The molecule has 0 amide bonds. The van der Waals surface area contributed by atoms with Crippen molar-refractivity contribution in [1.82, 2.24) is 0 Å². The Bertz CT molecular complexity index is 2540. The van der Waals surface area contributed by atoms with Crippen molar-refractivity contribution in [1.29, 1.82) is 0 Å². The molecule has 0 radical (unpaired) electrons. The molecule has 0 unspecified atom stereocenters. The SMILES string of the molecule is Cc1cccc2oc3c4ccccc4c(N(c4ccc(-c5ccccc5)cc4)c4cc5ccccc5c5ccccc45)cc3c12. The number of fused-ring (bicyclic) bond motifs is 8. The van der Waals surface area contributed by atoms with E-state index < -0.39 is 0 Å². The van der Waals surface area contributed by atoms with Crippen molar-refractivity contribution in [2.75, 3.05) is 4.90 Å². The predicted molar refractivity (Wildman–Crippen MR) is 191 cm³/mol. The third-order valence-corrected chi connectivity index (χ3v) is 9.15. The molecule has 0 bridgehead atoms. The fraction of sp³-hybridized carbons (Fsp3) is 0.0233. The van der Waals surface area contributed by atoms with Gasteiger partial charge in [-0.1, -0.05) is 127 Å². The minimum Gasteiger partial charge on any atom is -0.455 e. The molecule has 2 nitrogen and oxygen atoms in total. The van der Waals surface area contributed by atoms with Gasteiger partial charge in [0.25, 0.3) is 0 Å². The normalized spacial score (nSPS) is 11.7. The molecule has 9 aromatic rings. The Kier molecular flexibility index (Phi) is 5.76. The van der Waals surface area contributed by atoms with Gasteiger partial charge in [0.05, 0.1) is 11.4 Å². The first kappa shape index (κ1) is 25.6. The van der Waals surface area contributed by atoms with Crippen LogP contribution >= 0.6 is 0 Å². The van der Waals surface area contributed by atoms with E-state index >= 15 is 0 Å². The van der Waals surface area contributed by atoms with Gasteiger partial charge in [0, 0.05) is 32.6 Å². The van der Waals surface area contributed by atoms with E-state index in [0.29, 0.717) is 0 Å². The highest BCUT2D eigenvalue weighted by Crippen LogP contribution is 2.47. The predicted octanol–water partition coefficient (Wildman–Crippen LogP) is 12.5. The van der Waals surface area contributed by atoms with Gasteiger partial charge in [0.2, 0.25) is 0 Å². The molecule has 0 spiro atoms. The van der Waals surface area contributed by atoms with Crippen LogP contribution in [0.25, 0.3) is 65.4 Å². The van der Waals surface area contributed by atoms with Crippen LogP contribution in [0.3, 0.4) is 0 Å². The molecular formula is C43H29NO. The van der Waals surface area contributed by atoms with Crippen molar-refractivity contribution in [3.05, 3.63) is 163 Å². The average molecular weight is 576 g/mol. The molecule has 0 saturated heterocycles. The molecule has 1 aromatic heterocycles. The minimum absolute atomic E-state index is 0.919. The Morgan fingerprint density at radius 2 is 1.04 bits per heavy atom. The maximum Gasteiger partial charge on any atom is 0.143 e. The van der Waals surface area contributed by atoms with Gasteiger partial charge in [-0.15, -0.1) is 0 Å². The van der Waals surface area contributed by atoms with E-state index in [2.05, 4.69) is 170 Å². The molecule has 45 heavy (non-hydrogen) atoms. The summed E-state index contributed by atoms with van der Waals surface area (Å²) in [5, 5.41) is 9.48. The number of benzene rings is 8. The molecule has 0 aliphatic carbocycles. The Morgan fingerprint density at radius 3 is 1.82 bits per heavy atom. The molecule has 1 heterocycles. The van der Waals surface area contributed by atoms with Crippen molar-refractivity contribution in [3.63, 3.8) is 0 Å². The fourth-order valence-corrected chi connectivity index (χ4v) is 7.05.